The average molecular weight is 460 g/mol. The Labute approximate surface area is 196 Å². The number of allylic oxidation sites excluding steroid dienone is 2. The van der Waals surface area contributed by atoms with Crippen molar-refractivity contribution >= 4 is 35.1 Å². The number of imide groups is 1. The van der Waals surface area contributed by atoms with E-state index in [-0.39, 0.29) is 42.5 Å². The van der Waals surface area contributed by atoms with Gasteiger partial charge in [0.1, 0.15) is 11.5 Å². The van der Waals surface area contributed by atoms with E-state index in [1.165, 1.54) is 4.90 Å². The fraction of sp³-hybridized carbons (Fsp3) is 0.308. The number of hydrogen-bond acceptors (Lipinski definition) is 6. The molecule has 0 aromatic heterocycles. The van der Waals surface area contributed by atoms with Crippen molar-refractivity contribution in [1.82, 2.24) is 0 Å². The SMILES string of the molecule is COc1ccc(N2C[C@H](C(=O)Oc3ccc(N4C(=O)[C@H]5CC=CC[C@H]5C4=O)cc3)CC2=O)cc1. The lowest BCUT2D eigenvalue weighted by atomic mass is 9.85. The summed E-state index contributed by atoms with van der Waals surface area (Å²) in [6.07, 6.45) is 5.12. The van der Waals surface area contributed by atoms with Crippen molar-refractivity contribution < 1.29 is 28.7 Å². The molecule has 0 N–H and O–H groups in total. The largest absolute Gasteiger partial charge is 0.497 e. The molecule has 2 saturated heterocycles. The molecule has 5 rings (SSSR count). The molecule has 2 aromatic carbocycles. The molecule has 0 unspecified atom stereocenters. The maximum absolute atomic E-state index is 12.7. The van der Waals surface area contributed by atoms with Gasteiger partial charge in [-0.3, -0.25) is 24.1 Å². The van der Waals surface area contributed by atoms with Crippen molar-refractivity contribution in [2.75, 3.05) is 23.5 Å². The number of carbonyl (C=O) groups excluding carboxylic acids is 4. The molecule has 2 aliphatic heterocycles. The fourth-order valence-electron chi connectivity index (χ4n) is 4.79. The molecule has 8 heteroatoms. The second-order valence-corrected chi connectivity index (χ2v) is 8.69. The van der Waals surface area contributed by atoms with Gasteiger partial charge in [0.15, 0.2) is 0 Å². The summed E-state index contributed by atoms with van der Waals surface area (Å²) in [7, 11) is 1.57. The zero-order chi connectivity index (χ0) is 23.8. The number of rotatable bonds is 5. The predicted octanol–water partition coefficient (Wildman–Crippen LogP) is 3.11. The van der Waals surface area contributed by atoms with Gasteiger partial charge in [-0.2, -0.15) is 0 Å². The Morgan fingerprint density at radius 1 is 0.824 bits per heavy atom. The molecule has 0 saturated carbocycles. The Balaban J connectivity index is 1.23. The number of hydrogen-bond donors (Lipinski definition) is 0. The molecule has 174 valence electrons. The van der Waals surface area contributed by atoms with E-state index >= 15 is 0 Å². The molecule has 8 nitrogen and oxygen atoms in total. The van der Waals surface area contributed by atoms with Gasteiger partial charge in [0.25, 0.3) is 0 Å². The standard InChI is InChI=1S/C26H24N2O6/c1-33-19-10-6-17(7-11-19)27-15-16(14-23(27)29)26(32)34-20-12-8-18(9-13-20)28-24(30)21-4-2-3-5-22(21)25(28)31/h2-3,6-13,16,21-22H,4-5,14-15H2,1H3/t16-,21-,22+/m1/s1. The number of nitrogens with zero attached hydrogens (tertiary/aromatic N) is 2. The summed E-state index contributed by atoms with van der Waals surface area (Å²) >= 11 is 0. The first kappa shape index (κ1) is 21.9. The first-order valence-corrected chi connectivity index (χ1v) is 11.2. The van der Waals surface area contributed by atoms with Crippen LogP contribution in [0.3, 0.4) is 0 Å². The summed E-state index contributed by atoms with van der Waals surface area (Å²) in [5.74, 6) is -1.24. The van der Waals surface area contributed by atoms with E-state index in [1.54, 1.807) is 60.5 Å². The van der Waals surface area contributed by atoms with Gasteiger partial charge in [-0.1, -0.05) is 12.2 Å². The van der Waals surface area contributed by atoms with Crippen LogP contribution in [0.5, 0.6) is 11.5 Å². The number of ether oxygens (including phenoxy) is 2. The summed E-state index contributed by atoms with van der Waals surface area (Å²) in [6, 6.07) is 13.4. The summed E-state index contributed by atoms with van der Waals surface area (Å²) < 4.78 is 10.6. The molecule has 2 fully saturated rings. The number of carbonyl (C=O) groups is 4. The third kappa shape index (κ3) is 3.85. The van der Waals surface area contributed by atoms with Gasteiger partial charge in [0.2, 0.25) is 17.7 Å². The van der Waals surface area contributed by atoms with E-state index in [9.17, 15) is 19.2 Å². The van der Waals surface area contributed by atoms with Crippen LogP contribution in [-0.4, -0.2) is 37.3 Å². The smallest absolute Gasteiger partial charge is 0.316 e. The fourth-order valence-corrected chi connectivity index (χ4v) is 4.79. The van der Waals surface area contributed by atoms with Gasteiger partial charge >= 0.3 is 5.97 Å². The molecule has 0 spiro atoms. The minimum atomic E-state index is -0.591. The van der Waals surface area contributed by atoms with Gasteiger partial charge in [-0.15, -0.1) is 0 Å². The molecule has 34 heavy (non-hydrogen) atoms. The molecule has 3 aliphatic rings. The molecular formula is C26H24N2O6. The monoisotopic (exact) mass is 460 g/mol. The Kier molecular flexibility index (Phi) is 5.65. The van der Waals surface area contributed by atoms with Crippen LogP contribution >= 0.6 is 0 Å². The van der Waals surface area contributed by atoms with E-state index in [1.807, 2.05) is 12.2 Å². The summed E-state index contributed by atoms with van der Waals surface area (Å²) in [5.41, 5.74) is 1.16. The van der Waals surface area contributed by atoms with E-state index in [0.717, 1.165) is 0 Å². The van der Waals surface area contributed by atoms with E-state index in [2.05, 4.69) is 0 Å². The summed E-state index contributed by atoms with van der Waals surface area (Å²) in [4.78, 5) is 53.5. The van der Waals surface area contributed by atoms with Crippen molar-refractivity contribution in [3.8, 4) is 11.5 Å². The summed E-state index contributed by atoms with van der Waals surface area (Å²) in [5, 5.41) is 0. The topological polar surface area (TPSA) is 93.2 Å². The first-order chi connectivity index (χ1) is 16.5. The van der Waals surface area contributed by atoms with Crippen LogP contribution in [0.2, 0.25) is 0 Å². The molecule has 0 bridgehead atoms. The number of esters is 1. The molecule has 2 aromatic rings. The van der Waals surface area contributed by atoms with Crippen LogP contribution in [0.25, 0.3) is 0 Å². The zero-order valence-electron chi connectivity index (χ0n) is 18.7. The van der Waals surface area contributed by atoms with E-state index in [0.29, 0.717) is 35.7 Å². The maximum Gasteiger partial charge on any atom is 0.316 e. The quantitative estimate of drug-likeness (QED) is 0.295. The summed E-state index contributed by atoms with van der Waals surface area (Å²) in [6.45, 7) is 0.232. The van der Waals surface area contributed by atoms with Crippen molar-refractivity contribution in [1.29, 1.82) is 0 Å². The Morgan fingerprint density at radius 3 is 1.97 bits per heavy atom. The number of amides is 3. The lowest BCUT2D eigenvalue weighted by Crippen LogP contribution is -2.30. The van der Waals surface area contributed by atoms with E-state index < -0.39 is 11.9 Å². The van der Waals surface area contributed by atoms with Gasteiger partial charge in [-0.05, 0) is 61.4 Å². The van der Waals surface area contributed by atoms with Crippen LogP contribution in [0, 0.1) is 17.8 Å². The molecular weight excluding hydrogens is 436 g/mol. The molecule has 1 aliphatic carbocycles. The number of methoxy groups -OCH3 is 1. The Hall–Kier alpha value is -3.94. The average Bonchev–Trinajstić information content (AvgIpc) is 3.37. The third-order valence-corrected chi connectivity index (χ3v) is 6.66. The van der Waals surface area contributed by atoms with Gasteiger partial charge in [0.05, 0.1) is 30.6 Å². The second kappa shape index (κ2) is 8.78. The Bertz CT molecular complexity index is 1140. The highest BCUT2D eigenvalue weighted by Gasteiger charge is 2.47. The van der Waals surface area contributed by atoms with Crippen LogP contribution in [0.15, 0.2) is 60.7 Å². The van der Waals surface area contributed by atoms with Crippen LogP contribution < -0.4 is 19.3 Å². The lowest BCUT2D eigenvalue weighted by molar-refractivity contribution is -0.139. The highest BCUT2D eigenvalue weighted by Crippen LogP contribution is 2.38. The normalized spacial score (nSPS) is 23.9. The zero-order valence-corrected chi connectivity index (χ0v) is 18.7. The minimum absolute atomic E-state index is 0.0660. The van der Waals surface area contributed by atoms with Crippen LogP contribution in [-0.2, 0) is 19.2 Å². The van der Waals surface area contributed by atoms with Gasteiger partial charge < -0.3 is 14.4 Å². The van der Waals surface area contributed by atoms with Gasteiger partial charge in [-0.25, -0.2) is 0 Å². The van der Waals surface area contributed by atoms with Crippen molar-refractivity contribution in [3.63, 3.8) is 0 Å². The minimum Gasteiger partial charge on any atom is -0.497 e. The second-order valence-electron chi connectivity index (χ2n) is 8.69. The highest BCUT2D eigenvalue weighted by atomic mass is 16.5. The highest BCUT2D eigenvalue weighted by molar-refractivity contribution is 6.22. The number of anilines is 2. The van der Waals surface area contributed by atoms with Gasteiger partial charge in [0, 0.05) is 18.7 Å². The van der Waals surface area contributed by atoms with Crippen molar-refractivity contribution in [3.05, 3.63) is 60.7 Å². The van der Waals surface area contributed by atoms with Crippen LogP contribution in [0.1, 0.15) is 19.3 Å². The molecule has 0 radical (unpaired) electrons. The maximum atomic E-state index is 12.7. The van der Waals surface area contributed by atoms with Crippen molar-refractivity contribution in [2.45, 2.75) is 19.3 Å². The molecule has 2 heterocycles. The van der Waals surface area contributed by atoms with Crippen LogP contribution in [0.4, 0.5) is 11.4 Å². The number of benzene rings is 2. The molecule has 3 amide bonds. The predicted molar refractivity (Wildman–Crippen MR) is 123 cm³/mol. The first-order valence-electron chi connectivity index (χ1n) is 11.2. The lowest BCUT2D eigenvalue weighted by Gasteiger charge is -2.17. The molecule has 3 atom stereocenters. The number of fused-ring (bicyclic) bond motifs is 1. The van der Waals surface area contributed by atoms with Crippen molar-refractivity contribution in [2.24, 2.45) is 17.8 Å². The Morgan fingerprint density at radius 2 is 1.38 bits per heavy atom. The van der Waals surface area contributed by atoms with E-state index in [4.69, 9.17) is 9.47 Å². The third-order valence-electron chi connectivity index (χ3n) is 6.66.